The maximum atomic E-state index is 6.01. The van der Waals surface area contributed by atoms with E-state index in [0.29, 0.717) is 12.5 Å². The second-order valence-electron chi connectivity index (χ2n) is 6.88. The van der Waals surface area contributed by atoms with Crippen LogP contribution in [0.4, 0.5) is 5.69 Å². The molecule has 0 aliphatic carbocycles. The predicted molar refractivity (Wildman–Crippen MR) is 108 cm³/mol. The molecule has 0 saturated carbocycles. The lowest BCUT2D eigenvalue weighted by atomic mass is 10.0. The smallest absolute Gasteiger partial charge is 0.193 e. The van der Waals surface area contributed by atoms with Crippen LogP contribution in [0.2, 0.25) is 0 Å². The standard InChI is InChI=1S/C21H28N4O/c1-16(2)26-20-9-7-19(8-10-20)24-21(22)23-12-14-25-13-11-17-5-3-4-6-18(17)15-25/h3-10,16H,11-15H2,1-2H3,(H3,22,23,24). The van der Waals surface area contributed by atoms with Crippen molar-refractivity contribution in [2.24, 2.45) is 10.7 Å². The van der Waals surface area contributed by atoms with Gasteiger partial charge in [-0.05, 0) is 55.7 Å². The van der Waals surface area contributed by atoms with Crippen LogP contribution in [-0.4, -0.2) is 36.6 Å². The number of nitrogens with two attached hydrogens (primary N) is 1. The van der Waals surface area contributed by atoms with Crippen LogP contribution in [0.3, 0.4) is 0 Å². The molecule has 0 spiro atoms. The molecule has 0 saturated heterocycles. The van der Waals surface area contributed by atoms with Crippen LogP contribution in [0.25, 0.3) is 0 Å². The van der Waals surface area contributed by atoms with Crippen LogP contribution in [0, 0.1) is 0 Å². The average molecular weight is 352 g/mol. The lowest BCUT2D eigenvalue weighted by molar-refractivity contribution is 0.242. The Kier molecular flexibility index (Phi) is 6.12. The van der Waals surface area contributed by atoms with Crippen LogP contribution in [0.1, 0.15) is 25.0 Å². The first-order chi connectivity index (χ1) is 12.6. The predicted octanol–water partition coefficient (Wildman–Crippen LogP) is 3.26. The minimum Gasteiger partial charge on any atom is -0.491 e. The molecule has 0 amide bonds. The number of fused-ring (bicyclic) bond motifs is 1. The number of hydrogen-bond acceptors (Lipinski definition) is 3. The summed E-state index contributed by atoms with van der Waals surface area (Å²) in [5.41, 5.74) is 9.82. The number of hydrogen-bond donors (Lipinski definition) is 2. The molecule has 2 aromatic rings. The SMILES string of the molecule is CC(C)Oc1ccc(NC(N)=NCCN2CCc3ccccc3C2)cc1. The molecule has 0 bridgehead atoms. The molecule has 1 aliphatic heterocycles. The van der Waals surface area contributed by atoms with Crippen LogP contribution < -0.4 is 15.8 Å². The van der Waals surface area contributed by atoms with Gasteiger partial charge in [0.1, 0.15) is 5.75 Å². The highest BCUT2D eigenvalue weighted by Gasteiger charge is 2.14. The van der Waals surface area contributed by atoms with Gasteiger partial charge in [0, 0.05) is 25.3 Å². The topological polar surface area (TPSA) is 62.9 Å². The molecule has 2 aromatic carbocycles. The van der Waals surface area contributed by atoms with Gasteiger partial charge in [0.25, 0.3) is 0 Å². The monoisotopic (exact) mass is 352 g/mol. The molecular weight excluding hydrogens is 324 g/mol. The molecule has 3 N–H and O–H groups in total. The zero-order valence-corrected chi connectivity index (χ0v) is 15.6. The first-order valence-corrected chi connectivity index (χ1v) is 9.23. The van der Waals surface area contributed by atoms with E-state index in [9.17, 15) is 0 Å². The molecule has 0 atom stereocenters. The van der Waals surface area contributed by atoms with Gasteiger partial charge in [0.05, 0.1) is 12.6 Å². The Morgan fingerprint density at radius 2 is 1.88 bits per heavy atom. The molecular formula is C21H28N4O. The van der Waals surface area contributed by atoms with Crippen molar-refractivity contribution in [2.45, 2.75) is 32.9 Å². The lowest BCUT2D eigenvalue weighted by Crippen LogP contribution is -2.33. The summed E-state index contributed by atoms with van der Waals surface area (Å²) in [6.07, 6.45) is 1.28. The van der Waals surface area contributed by atoms with Gasteiger partial charge in [-0.25, -0.2) is 0 Å². The summed E-state index contributed by atoms with van der Waals surface area (Å²) in [7, 11) is 0. The van der Waals surface area contributed by atoms with Gasteiger partial charge in [-0.15, -0.1) is 0 Å². The third-order valence-electron chi connectivity index (χ3n) is 4.41. The number of aliphatic imine (C=N–C) groups is 1. The fourth-order valence-corrected chi connectivity index (χ4v) is 3.13. The second-order valence-corrected chi connectivity index (χ2v) is 6.88. The average Bonchev–Trinajstić information content (AvgIpc) is 2.63. The number of anilines is 1. The van der Waals surface area contributed by atoms with E-state index in [0.717, 1.165) is 37.5 Å². The van der Waals surface area contributed by atoms with E-state index in [1.54, 1.807) is 0 Å². The summed E-state index contributed by atoms with van der Waals surface area (Å²) in [6, 6.07) is 16.4. The zero-order valence-electron chi connectivity index (χ0n) is 15.6. The Labute approximate surface area is 155 Å². The summed E-state index contributed by atoms with van der Waals surface area (Å²) in [5, 5.41) is 3.13. The molecule has 0 radical (unpaired) electrons. The van der Waals surface area contributed by atoms with Crippen molar-refractivity contribution in [3.05, 3.63) is 59.7 Å². The van der Waals surface area contributed by atoms with Gasteiger partial charge in [-0.1, -0.05) is 24.3 Å². The molecule has 1 aliphatic rings. The van der Waals surface area contributed by atoms with Crippen LogP contribution in [0.15, 0.2) is 53.5 Å². The van der Waals surface area contributed by atoms with E-state index in [1.807, 2.05) is 38.1 Å². The third-order valence-corrected chi connectivity index (χ3v) is 4.41. The molecule has 0 aromatic heterocycles. The van der Waals surface area contributed by atoms with Crippen molar-refractivity contribution < 1.29 is 4.74 Å². The molecule has 138 valence electrons. The number of nitrogens with zero attached hydrogens (tertiary/aromatic N) is 2. The molecule has 0 fully saturated rings. The van der Waals surface area contributed by atoms with Gasteiger partial charge < -0.3 is 15.8 Å². The molecule has 5 nitrogen and oxygen atoms in total. The van der Waals surface area contributed by atoms with E-state index in [1.165, 1.54) is 11.1 Å². The molecule has 5 heteroatoms. The highest BCUT2D eigenvalue weighted by molar-refractivity contribution is 5.92. The van der Waals surface area contributed by atoms with Crippen LogP contribution in [-0.2, 0) is 13.0 Å². The van der Waals surface area contributed by atoms with Crippen molar-refractivity contribution in [2.75, 3.05) is 25.0 Å². The second kappa shape index (κ2) is 8.72. The zero-order chi connectivity index (χ0) is 18.4. The Balaban J connectivity index is 1.45. The maximum absolute atomic E-state index is 6.01. The Morgan fingerprint density at radius 3 is 2.62 bits per heavy atom. The number of nitrogens with one attached hydrogen (secondary N) is 1. The van der Waals surface area contributed by atoms with E-state index in [2.05, 4.69) is 39.5 Å². The van der Waals surface area contributed by atoms with E-state index < -0.39 is 0 Å². The summed E-state index contributed by atoms with van der Waals surface area (Å²) >= 11 is 0. The van der Waals surface area contributed by atoms with E-state index >= 15 is 0 Å². The van der Waals surface area contributed by atoms with Crippen molar-refractivity contribution in [3.63, 3.8) is 0 Å². The van der Waals surface area contributed by atoms with Crippen molar-refractivity contribution in [1.29, 1.82) is 0 Å². The molecule has 1 heterocycles. The summed E-state index contributed by atoms with van der Waals surface area (Å²) in [5.74, 6) is 1.30. The summed E-state index contributed by atoms with van der Waals surface area (Å²) < 4.78 is 5.64. The maximum Gasteiger partial charge on any atom is 0.193 e. The first kappa shape index (κ1) is 18.3. The lowest BCUT2D eigenvalue weighted by Gasteiger charge is -2.28. The van der Waals surface area contributed by atoms with Gasteiger partial charge in [-0.3, -0.25) is 9.89 Å². The van der Waals surface area contributed by atoms with E-state index in [4.69, 9.17) is 10.5 Å². The largest absolute Gasteiger partial charge is 0.491 e. The fourth-order valence-electron chi connectivity index (χ4n) is 3.13. The fraction of sp³-hybridized carbons (Fsp3) is 0.381. The molecule has 3 rings (SSSR count). The number of guanidine groups is 1. The van der Waals surface area contributed by atoms with Crippen LogP contribution in [0.5, 0.6) is 5.75 Å². The highest BCUT2D eigenvalue weighted by atomic mass is 16.5. The highest BCUT2D eigenvalue weighted by Crippen LogP contribution is 2.18. The minimum atomic E-state index is 0.169. The summed E-state index contributed by atoms with van der Waals surface area (Å²) in [6.45, 7) is 7.70. The van der Waals surface area contributed by atoms with Crippen molar-refractivity contribution in [3.8, 4) is 5.75 Å². The van der Waals surface area contributed by atoms with Gasteiger partial charge >= 0.3 is 0 Å². The Hall–Kier alpha value is -2.53. The van der Waals surface area contributed by atoms with E-state index in [-0.39, 0.29) is 6.10 Å². The number of rotatable bonds is 6. The van der Waals surface area contributed by atoms with Crippen molar-refractivity contribution >= 4 is 11.6 Å². The normalized spacial score (nSPS) is 15.0. The van der Waals surface area contributed by atoms with Crippen LogP contribution >= 0.6 is 0 Å². The minimum absolute atomic E-state index is 0.169. The first-order valence-electron chi connectivity index (χ1n) is 9.23. The number of ether oxygens (including phenoxy) is 1. The van der Waals surface area contributed by atoms with Gasteiger partial charge in [-0.2, -0.15) is 0 Å². The van der Waals surface area contributed by atoms with Gasteiger partial charge in [0.2, 0.25) is 0 Å². The molecule has 0 unspecified atom stereocenters. The molecule has 26 heavy (non-hydrogen) atoms. The summed E-state index contributed by atoms with van der Waals surface area (Å²) in [4.78, 5) is 6.88. The Bertz CT molecular complexity index is 740. The third kappa shape index (κ3) is 5.23. The quantitative estimate of drug-likeness (QED) is 0.619. The Morgan fingerprint density at radius 1 is 1.15 bits per heavy atom. The number of benzene rings is 2. The van der Waals surface area contributed by atoms with Crippen molar-refractivity contribution in [1.82, 2.24) is 4.90 Å². The van der Waals surface area contributed by atoms with Gasteiger partial charge in [0.15, 0.2) is 5.96 Å².